The molecule has 3 aromatic heterocycles. The molecule has 0 radical (unpaired) electrons. The molecular weight excluding hydrogens is 290 g/mol. The molecule has 0 aromatic carbocycles. The maximum absolute atomic E-state index is 6.18. The summed E-state index contributed by atoms with van der Waals surface area (Å²) >= 11 is 6.18. The van der Waals surface area contributed by atoms with E-state index in [1.54, 1.807) is 10.9 Å². The standard InChI is InChI=1S/C13H16ClN7/c1-7-11(14)8(2)21(19-7)6-10-17-12(15-3)9-5-16-20(4)13(9)18-10/h5H,6H2,1-4H3,(H,15,17,18). The van der Waals surface area contributed by atoms with E-state index >= 15 is 0 Å². The fraction of sp³-hybridized carbons (Fsp3) is 0.385. The normalized spacial score (nSPS) is 11.3. The van der Waals surface area contributed by atoms with Gasteiger partial charge in [-0.25, -0.2) is 9.97 Å². The highest BCUT2D eigenvalue weighted by Crippen LogP contribution is 2.22. The lowest BCUT2D eigenvalue weighted by molar-refractivity contribution is 0.632. The number of hydrogen-bond donors (Lipinski definition) is 1. The van der Waals surface area contributed by atoms with Crippen molar-refractivity contribution >= 4 is 28.5 Å². The summed E-state index contributed by atoms with van der Waals surface area (Å²) in [5.74, 6) is 1.42. The van der Waals surface area contributed by atoms with Crippen LogP contribution in [0.2, 0.25) is 5.02 Å². The molecule has 3 aromatic rings. The van der Waals surface area contributed by atoms with E-state index in [9.17, 15) is 0 Å². The summed E-state index contributed by atoms with van der Waals surface area (Å²) in [4.78, 5) is 9.09. The van der Waals surface area contributed by atoms with Gasteiger partial charge in [0.1, 0.15) is 12.4 Å². The smallest absolute Gasteiger partial charge is 0.163 e. The highest BCUT2D eigenvalue weighted by molar-refractivity contribution is 6.31. The number of nitrogens with zero attached hydrogens (tertiary/aromatic N) is 6. The molecule has 0 aliphatic rings. The summed E-state index contributed by atoms with van der Waals surface area (Å²) in [6.45, 7) is 4.29. The molecule has 0 bridgehead atoms. The Kier molecular flexibility index (Phi) is 3.29. The number of fused-ring (bicyclic) bond motifs is 1. The first-order chi connectivity index (χ1) is 10.0. The van der Waals surface area contributed by atoms with Gasteiger partial charge in [0.2, 0.25) is 0 Å². The number of aryl methyl sites for hydroxylation is 2. The van der Waals surface area contributed by atoms with Crippen molar-refractivity contribution in [2.45, 2.75) is 20.4 Å². The van der Waals surface area contributed by atoms with Gasteiger partial charge in [-0.2, -0.15) is 10.2 Å². The second-order valence-electron chi connectivity index (χ2n) is 4.89. The number of halogens is 1. The largest absolute Gasteiger partial charge is 0.372 e. The minimum Gasteiger partial charge on any atom is -0.372 e. The zero-order chi connectivity index (χ0) is 15.1. The van der Waals surface area contributed by atoms with Crippen molar-refractivity contribution in [3.8, 4) is 0 Å². The molecule has 0 fully saturated rings. The summed E-state index contributed by atoms with van der Waals surface area (Å²) in [5.41, 5.74) is 2.51. The Labute approximate surface area is 127 Å². The van der Waals surface area contributed by atoms with E-state index in [-0.39, 0.29) is 0 Å². The van der Waals surface area contributed by atoms with Crippen LogP contribution in [-0.4, -0.2) is 36.6 Å². The van der Waals surface area contributed by atoms with Gasteiger partial charge in [0.25, 0.3) is 0 Å². The highest BCUT2D eigenvalue weighted by Gasteiger charge is 2.14. The van der Waals surface area contributed by atoms with Crippen molar-refractivity contribution < 1.29 is 0 Å². The van der Waals surface area contributed by atoms with Crippen LogP contribution in [0.25, 0.3) is 11.0 Å². The van der Waals surface area contributed by atoms with E-state index in [0.29, 0.717) is 17.4 Å². The number of rotatable bonds is 3. The topological polar surface area (TPSA) is 73.5 Å². The van der Waals surface area contributed by atoms with Crippen molar-refractivity contribution in [1.82, 2.24) is 29.5 Å². The predicted octanol–water partition coefficient (Wildman–Crippen LogP) is 1.92. The van der Waals surface area contributed by atoms with Gasteiger partial charge >= 0.3 is 0 Å². The molecule has 8 heteroatoms. The Balaban J connectivity index is 2.08. The van der Waals surface area contributed by atoms with E-state index < -0.39 is 0 Å². The van der Waals surface area contributed by atoms with E-state index in [4.69, 9.17) is 11.6 Å². The lowest BCUT2D eigenvalue weighted by Crippen LogP contribution is -2.10. The van der Waals surface area contributed by atoms with E-state index in [2.05, 4.69) is 25.5 Å². The van der Waals surface area contributed by atoms with Crippen LogP contribution in [0.15, 0.2) is 6.20 Å². The summed E-state index contributed by atoms with van der Waals surface area (Å²) in [5, 5.41) is 13.3. The van der Waals surface area contributed by atoms with Crippen LogP contribution in [0, 0.1) is 13.8 Å². The maximum Gasteiger partial charge on any atom is 0.163 e. The number of aromatic nitrogens is 6. The minimum absolute atomic E-state index is 0.467. The Morgan fingerprint density at radius 1 is 1.29 bits per heavy atom. The minimum atomic E-state index is 0.467. The summed E-state index contributed by atoms with van der Waals surface area (Å²) in [7, 11) is 3.69. The van der Waals surface area contributed by atoms with Gasteiger partial charge in [-0.3, -0.25) is 9.36 Å². The van der Waals surface area contributed by atoms with Crippen LogP contribution in [0.5, 0.6) is 0 Å². The quantitative estimate of drug-likeness (QED) is 0.800. The first-order valence-electron chi connectivity index (χ1n) is 6.57. The molecule has 7 nitrogen and oxygen atoms in total. The molecule has 0 aliphatic heterocycles. The summed E-state index contributed by atoms with van der Waals surface area (Å²) in [6.07, 6.45) is 1.76. The van der Waals surface area contributed by atoms with Crippen molar-refractivity contribution in [1.29, 1.82) is 0 Å². The molecule has 1 N–H and O–H groups in total. The second kappa shape index (κ2) is 5.00. The van der Waals surface area contributed by atoms with Crippen LogP contribution in [-0.2, 0) is 13.6 Å². The van der Waals surface area contributed by atoms with Crippen molar-refractivity contribution in [2.24, 2.45) is 7.05 Å². The van der Waals surface area contributed by atoms with Crippen molar-refractivity contribution in [3.63, 3.8) is 0 Å². The maximum atomic E-state index is 6.18. The van der Waals surface area contributed by atoms with Crippen LogP contribution < -0.4 is 5.32 Å². The van der Waals surface area contributed by atoms with Crippen LogP contribution in [0.3, 0.4) is 0 Å². The molecule has 0 amide bonds. The molecule has 0 saturated heterocycles. The molecule has 0 aliphatic carbocycles. The second-order valence-corrected chi connectivity index (χ2v) is 5.26. The average Bonchev–Trinajstić information content (AvgIpc) is 2.95. The highest BCUT2D eigenvalue weighted by atomic mass is 35.5. The molecule has 0 unspecified atom stereocenters. The number of anilines is 1. The lowest BCUT2D eigenvalue weighted by atomic mass is 10.3. The molecular formula is C13H16ClN7. The van der Waals surface area contributed by atoms with Gasteiger partial charge in [-0.15, -0.1) is 0 Å². The number of hydrogen-bond acceptors (Lipinski definition) is 5. The zero-order valence-corrected chi connectivity index (χ0v) is 13.1. The third kappa shape index (κ3) is 2.23. The number of nitrogens with one attached hydrogen (secondary N) is 1. The van der Waals surface area contributed by atoms with Crippen molar-refractivity contribution in [2.75, 3.05) is 12.4 Å². The average molecular weight is 306 g/mol. The SMILES string of the molecule is CNc1nc(Cn2nc(C)c(Cl)c2C)nc2c1cnn2C. The third-order valence-corrected chi connectivity index (χ3v) is 4.01. The van der Waals surface area contributed by atoms with Gasteiger partial charge in [0.05, 0.1) is 28.0 Å². The Morgan fingerprint density at radius 3 is 2.67 bits per heavy atom. The Hall–Kier alpha value is -2.15. The third-order valence-electron chi connectivity index (χ3n) is 3.46. The molecule has 3 heterocycles. The fourth-order valence-corrected chi connectivity index (χ4v) is 2.43. The lowest BCUT2D eigenvalue weighted by Gasteiger charge is -2.07. The van der Waals surface area contributed by atoms with Crippen LogP contribution in [0.1, 0.15) is 17.2 Å². The Morgan fingerprint density at radius 2 is 2.05 bits per heavy atom. The van der Waals surface area contributed by atoms with Gasteiger partial charge in [0.15, 0.2) is 11.5 Å². The van der Waals surface area contributed by atoms with Crippen LogP contribution >= 0.6 is 11.6 Å². The molecule has 0 spiro atoms. The van der Waals surface area contributed by atoms with E-state index in [1.807, 2.05) is 32.6 Å². The molecule has 0 atom stereocenters. The Bertz CT molecular complexity index is 818. The molecule has 0 saturated carbocycles. The predicted molar refractivity (Wildman–Crippen MR) is 81.7 cm³/mol. The zero-order valence-electron chi connectivity index (χ0n) is 12.3. The van der Waals surface area contributed by atoms with Gasteiger partial charge in [-0.1, -0.05) is 11.6 Å². The van der Waals surface area contributed by atoms with Crippen LogP contribution in [0.4, 0.5) is 5.82 Å². The van der Waals surface area contributed by atoms with Gasteiger partial charge in [0, 0.05) is 14.1 Å². The molecule has 110 valence electrons. The van der Waals surface area contributed by atoms with E-state index in [1.165, 1.54) is 0 Å². The van der Waals surface area contributed by atoms with Gasteiger partial charge in [-0.05, 0) is 13.8 Å². The van der Waals surface area contributed by atoms with E-state index in [0.717, 1.165) is 28.2 Å². The summed E-state index contributed by atoms with van der Waals surface area (Å²) in [6, 6.07) is 0. The van der Waals surface area contributed by atoms with Crippen molar-refractivity contribution in [3.05, 3.63) is 28.4 Å². The monoisotopic (exact) mass is 305 g/mol. The molecule has 3 rings (SSSR count). The molecule has 21 heavy (non-hydrogen) atoms. The summed E-state index contributed by atoms with van der Waals surface area (Å²) < 4.78 is 3.55. The first kappa shape index (κ1) is 13.8. The first-order valence-corrected chi connectivity index (χ1v) is 6.95. The van der Waals surface area contributed by atoms with Gasteiger partial charge < -0.3 is 5.32 Å². The fourth-order valence-electron chi connectivity index (χ4n) is 2.29.